The molecule has 1 saturated heterocycles. The monoisotopic (exact) mass is 358 g/mol. The van der Waals surface area contributed by atoms with Gasteiger partial charge in [0, 0.05) is 30.5 Å². The number of nitrogens with zero attached hydrogens (tertiary/aromatic N) is 1. The number of rotatable bonds is 8. The summed E-state index contributed by atoms with van der Waals surface area (Å²) in [6, 6.07) is 8.36. The van der Waals surface area contributed by atoms with Gasteiger partial charge in [0.25, 0.3) is 0 Å². The molecular weight excluding hydrogens is 324 g/mol. The molecule has 0 spiro atoms. The van der Waals surface area contributed by atoms with Crippen LogP contribution < -0.4 is 5.32 Å². The Kier molecular flexibility index (Phi) is 7.83. The van der Waals surface area contributed by atoms with E-state index in [1.54, 1.807) is 0 Å². The van der Waals surface area contributed by atoms with Crippen molar-refractivity contribution in [3.05, 3.63) is 35.4 Å². The van der Waals surface area contributed by atoms with Crippen molar-refractivity contribution in [3.8, 4) is 0 Å². The number of piperidine rings is 1. The minimum atomic E-state index is 0.111. The second-order valence-electron chi connectivity index (χ2n) is 8.25. The van der Waals surface area contributed by atoms with E-state index >= 15 is 0 Å². The first-order chi connectivity index (χ1) is 12.3. The zero-order valence-electron chi connectivity index (χ0n) is 16.8. The fourth-order valence-corrected chi connectivity index (χ4v) is 3.58. The fraction of sp³-hybridized carbons (Fsp3) is 0.636. The largest absolute Gasteiger partial charge is 0.354 e. The Labute approximate surface area is 158 Å². The van der Waals surface area contributed by atoms with Crippen LogP contribution >= 0.6 is 0 Å². The summed E-state index contributed by atoms with van der Waals surface area (Å²) >= 11 is 0. The number of likely N-dealkylation sites (tertiary alicyclic amines) is 1. The lowest BCUT2D eigenvalue weighted by Gasteiger charge is -2.31. The Balaban J connectivity index is 1.78. The molecule has 1 aromatic carbocycles. The van der Waals surface area contributed by atoms with Gasteiger partial charge in [-0.15, -0.1) is 0 Å². The molecule has 144 valence electrons. The number of ketones is 1. The van der Waals surface area contributed by atoms with Gasteiger partial charge in [0.15, 0.2) is 5.78 Å². The minimum Gasteiger partial charge on any atom is -0.354 e. The van der Waals surface area contributed by atoms with Crippen molar-refractivity contribution in [1.29, 1.82) is 0 Å². The highest BCUT2D eigenvalue weighted by molar-refractivity contribution is 5.97. The van der Waals surface area contributed by atoms with Crippen LogP contribution in [0.15, 0.2) is 24.3 Å². The molecule has 26 heavy (non-hydrogen) atoms. The van der Waals surface area contributed by atoms with E-state index in [0.717, 1.165) is 44.5 Å². The molecule has 0 atom stereocenters. The summed E-state index contributed by atoms with van der Waals surface area (Å²) in [6.45, 7) is 10.9. The maximum absolute atomic E-state index is 12.7. The maximum atomic E-state index is 12.7. The zero-order valence-corrected chi connectivity index (χ0v) is 16.8. The summed E-state index contributed by atoms with van der Waals surface area (Å²) in [5.41, 5.74) is 2.14. The van der Waals surface area contributed by atoms with Crippen LogP contribution in [0.2, 0.25) is 0 Å². The number of amides is 1. The standard InChI is InChI=1S/C22H34N2O2/c1-16(2)15-18-5-7-19(8-6-18)22(26)20-9-12-24(13-10-20)14-11-21(25)23-17(3)4/h5-8,16-17,20H,9-15H2,1-4H3,(H,23,25). The molecule has 0 aromatic heterocycles. The van der Waals surface area contributed by atoms with Gasteiger partial charge in [-0.2, -0.15) is 0 Å². The normalized spacial score (nSPS) is 16.2. The van der Waals surface area contributed by atoms with Crippen LogP contribution in [0.25, 0.3) is 0 Å². The van der Waals surface area contributed by atoms with Crippen LogP contribution in [-0.4, -0.2) is 42.3 Å². The SMILES string of the molecule is CC(C)Cc1ccc(C(=O)C2CCN(CCC(=O)NC(C)C)CC2)cc1. The summed E-state index contributed by atoms with van der Waals surface area (Å²) < 4.78 is 0. The van der Waals surface area contributed by atoms with E-state index in [9.17, 15) is 9.59 Å². The molecule has 4 nitrogen and oxygen atoms in total. The minimum absolute atomic E-state index is 0.111. The predicted molar refractivity (Wildman–Crippen MR) is 106 cm³/mol. The Morgan fingerprint density at radius 1 is 1.08 bits per heavy atom. The van der Waals surface area contributed by atoms with E-state index in [1.165, 1.54) is 5.56 Å². The van der Waals surface area contributed by atoms with Crippen molar-refractivity contribution in [2.45, 2.75) is 59.4 Å². The molecular formula is C22H34N2O2. The molecule has 1 aromatic rings. The third kappa shape index (κ3) is 6.56. The van der Waals surface area contributed by atoms with Gasteiger partial charge in [-0.3, -0.25) is 9.59 Å². The molecule has 0 saturated carbocycles. The Morgan fingerprint density at radius 2 is 1.69 bits per heavy atom. The highest BCUT2D eigenvalue weighted by atomic mass is 16.1. The summed E-state index contributed by atoms with van der Waals surface area (Å²) in [7, 11) is 0. The number of carbonyl (C=O) groups is 2. The number of benzene rings is 1. The van der Waals surface area contributed by atoms with E-state index in [4.69, 9.17) is 0 Å². The van der Waals surface area contributed by atoms with E-state index in [0.29, 0.717) is 12.3 Å². The van der Waals surface area contributed by atoms with Crippen LogP contribution in [0.1, 0.15) is 62.9 Å². The van der Waals surface area contributed by atoms with Crippen LogP contribution in [0.5, 0.6) is 0 Å². The van der Waals surface area contributed by atoms with E-state index in [2.05, 4.69) is 36.2 Å². The first kappa shape index (κ1) is 20.6. The average Bonchev–Trinajstić information content (AvgIpc) is 2.59. The van der Waals surface area contributed by atoms with Gasteiger partial charge in [-0.05, 0) is 57.7 Å². The zero-order chi connectivity index (χ0) is 19.1. The highest BCUT2D eigenvalue weighted by Crippen LogP contribution is 2.22. The van der Waals surface area contributed by atoms with Crippen molar-refractivity contribution in [3.63, 3.8) is 0 Å². The topological polar surface area (TPSA) is 49.4 Å². The molecule has 1 aliphatic rings. The number of carbonyl (C=O) groups excluding carboxylic acids is 2. The molecule has 1 heterocycles. The summed E-state index contributed by atoms with van der Waals surface area (Å²) in [6.07, 6.45) is 3.36. The number of Topliss-reactive ketones (excluding diaryl/α,β-unsaturated/α-hetero) is 1. The molecule has 2 rings (SSSR count). The molecule has 0 aliphatic carbocycles. The first-order valence-electron chi connectivity index (χ1n) is 10.00. The number of hydrogen-bond acceptors (Lipinski definition) is 3. The van der Waals surface area contributed by atoms with Crippen LogP contribution in [0.4, 0.5) is 0 Å². The van der Waals surface area contributed by atoms with Gasteiger partial charge >= 0.3 is 0 Å². The summed E-state index contributed by atoms with van der Waals surface area (Å²) in [5.74, 6) is 1.13. The second-order valence-corrected chi connectivity index (χ2v) is 8.25. The van der Waals surface area contributed by atoms with Crippen molar-refractivity contribution in [2.24, 2.45) is 11.8 Å². The maximum Gasteiger partial charge on any atom is 0.221 e. The van der Waals surface area contributed by atoms with Crippen LogP contribution in [0.3, 0.4) is 0 Å². The quantitative estimate of drug-likeness (QED) is 0.721. The smallest absolute Gasteiger partial charge is 0.221 e. The van der Waals surface area contributed by atoms with Gasteiger partial charge in [0.1, 0.15) is 0 Å². The van der Waals surface area contributed by atoms with Crippen LogP contribution in [0, 0.1) is 11.8 Å². The van der Waals surface area contributed by atoms with Crippen molar-refractivity contribution in [2.75, 3.05) is 19.6 Å². The van der Waals surface area contributed by atoms with Crippen LogP contribution in [-0.2, 0) is 11.2 Å². The van der Waals surface area contributed by atoms with Gasteiger partial charge in [-0.1, -0.05) is 38.1 Å². The molecule has 0 bridgehead atoms. The molecule has 0 unspecified atom stereocenters. The number of nitrogens with one attached hydrogen (secondary N) is 1. The molecule has 1 fully saturated rings. The van der Waals surface area contributed by atoms with E-state index in [1.807, 2.05) is 26.0 Å². The first-order valence-corrected chi connectivity index (χ1v) is 10.00. The number of hydrogen-bond donors (Lipinski definition) is 1. The van der Waals surface area contributed by atoms with E-state index in [-0.39, 0.29) is 23.7 Å². The van der Waals surface area contributed by atoms with Gasteiger partial charge in [-0.25, -0.2) is 0 Å². The lowest BCUT2D eigenvalue weighted by atomic mass is 9.88. The van der Waals surface area contributed by atoms with E-state index < -0.39 is 0 Å². The Bertz CT molecular complexity index is 585. The second kappa shape index (κ2) is 9.86. The predicted octanol–water partition coefficient (Wildman–Crippen LogP) is 3.69. The molecule has 0 radical (unpaired) electrons. The third-order valence-electron chi connectivity index (χ3n) is 4.95. The average molecular weight is 359 g/mol. The lowest BCUT2D eigenvalue weighted by Crippen LogP contribution is -2.39. The van der Waals surface area contributed by atoms with Crippen molar-refractivity contribution >= 4 is 11.7 Å². The van der Waals surface area contributed by atoms with Crippen molar-refractivity contribution in [1.82, 2.24) is 10.2 Å². The lowest BCUT2D eigenvalue weighted by molar-refractivity contribution is -0.122. The molecule has 1 N–H and O–H groups in total. The summed E-state index contributed by atoms with van der Waals surface area (Å²) in [4.78, 5) is 26.8. The summed E-state index contributed by atoms with van der Waals surface area (Å²) in [5, 5.41) is 2.93. The molecule has 4 heteroatoms. The Morgan fingerprint density at radius 3 is 2.23 bits per heavy atom. The third-order valence-corrected chi connectivity index (χ3v) is 4.95. The highest BCUT2D eigenvalue weighted by Gasteiger charge is 2.25. The fourth-order valence-electron chi connectivity index (χ4n) is 3.58. The molecule has 1 aliphatic heterocycles. The molecule has 1 amide bonds. The van der Waals surface area contributed by atoms with Gasteiger partial charge < -0.3 is 10.2 Å². The van der Waals surface area contributed by atoms with Gasteiger partial charge in [0.2, 0.25) is 5.91 Å². The Hall–Kier alpha value is -1.68. The van der Waals surface area contributed by atoms with Gasteiger partial charge in [0.05, 0.1) is 0 Å². The van der Waals surface area contributed by atoms with Crippen molar-refractivity contribution < 1.29 is 9.59 Å².